The van der Waals surface area contributed by atoms with E-state index < -0.39 is 11.5 Å². The molecule has 0 unspecified atom stereocenters. The van der Waals surface area contributed by atoms with Crippen LogP contribution in [0.5, 0.6) is 11.8 Å². The molecule has 9 heteroatoms. The van der Waals surface area contributed by atoms with E-state index in [1.54, 1.807) is 26.8 Å². The van der Waals surface area contributed by atoms with Crippen molar-refractivity contribution in [2.75, 3.05) is 19.5 Å². The van der Waals surface area contributed by atoms with Crippen LogP contribution in [0, 0.1) is 0 Å². The molecule has 0 radical (unpaired) electrons. The van der Waals surface area contributed by atoms with Crippen LogP contribution in [-0.4, -0.2) is 40.8 Å². The number of carbonyl (C=O) groups excluding carboxylic acids is 1. The highest BCUT2D eigenvalue weighted by atomic mass is 35.5. The summed E-state index contributed by atoms with van der Waals surface area (Å²) < 4.78 is 16.1. The van der Waals surface area contributed by atoms with Crippen molar-refractivity contribution in [3.63, 3.8) is 0 Å². The first-order chi connectivity index (χ1) is 13.1. The van der Waals surface area contributed by atoms with Gasteiger partial charge in [0.2, 0.25) is 17.0 Å². The number of aliphatic hydroxyl groups is 1. The van der Waals surface area contributed by atoms with Crippen molar-refractivity contribution in [3.05, 3.63) is 28.5 Å². The number of hydrogen-bond acceptors (Lipinski definition) is 7. The molecule has 1 amide bonds. The lowest BCUT2D eigenvalue weighted by molar-refractivity contribution is -0.115. The van der Waals surface area contributed by atoms with Crippen LogP contribution in [0.4, 0.5) is 5.69 Å². The Morgan fingerprint density at radius 2 is 1.75 bits per heavy atom. The maximum Gasteiger partial charge on any atom is 0.291 e. The molecule has 0 fully saturated rings. The number of carbonyl (C=O) groups is 1. The van der Waals surface area contributed by atoms with Crippen LogP contribution in [0.3, 0.4) is 0 Å². The normalized spacial score (nSPS) is 13.0. The van der Waals surface area contributed by atoms with Crippen LogP contribution in [0.15, 0.2) is 23.2 Å². The molecule has 28 heavy (non-hydrogen) atoms. The van der Waals surface area contributed by atoms with Crippen LogP contribution in [0.1, 0.15) is 47.5 Å². The number of methoxy groups -OCH3 is 2. The summed E-state index contributed by atoms with van der Waals surface area (Å²) >= 11 is 5.83. The molecule has 0 saturated heterocycles. The lowest BCUT2D eigenvalue weighted by Crippen LogP contribution is -2.24. The van der Waals surface area contributed by atoms with Crippen LogP contribution < -0.4 is 14.8 Å². The predicted octanol–water partition coefficient (Wildman–Crippen LogP) is 3.85. The lowest BCUT2D eigenvalue weighted by atomic mass is 9.95. The van der Waals surface area contributed by atoms with E-state index in [1.807, 2.05) is 13.8 Å². The van der Waals surface area contributed by atoms with Crippen molar-refractivity contribution in [3.8, 4) is 11.8 Å². The van der Waals surface area contributed by atoms with E-state index in [0.717, 1.165) is 0 Å². The zero-order chi connectivity index (χ0) is 21.5. The van der Waals surface area contributed by atoms with Crippen molar-refractivity contribution < 1.29 is 24.1 Å². The Labute approximate surface area is 170 Å². The maximum absolute atomic E-state index is 12.8. The molecule has 0 aliphatic carbocycles. The highest BCUT2D eigenvalue weighted by Gasteiger charge is 2.24. The largest absolute Gasteiger partial charge is 0.479 e. The van der Waals surface area contributed by atoms with Crippen molar-refractivity contribution in [1.82, 2.24) is 9.97 Å². The van der Waals surface area contributed by atoms with E-state index in [0.29, 0.717) is 24.2 Å². The van der Waals surface area contributed by atoms with Gasteiger partial charge < -0.3 is 24.6 Å². The molecule has 1 heterocycles. The Kier molecular flexibility index (Phi) is 8.71. The Morgan fingerprint density at radius 1 is 1.21 bits per heavy atom. The van der Waals surface area contributed by atoms with Crippen molar-refractivity contribution in [2.24, 2.45) is 0 Å². The fraction of sp³-hybridized carbons (Fsp3) is 0.526. The standard InChI is InChI=1S/C19H28ClN3O5/c1-8-10-13(28-11(3)12(9-2)19(4,5)25)15(24)21-14-16(26-6)22-18(20)23-17(14)27-7/h10,25H,8-9H2,1-7H3,(H,21,24)/b12-11+,13-10-. The topological polar surface area (TPSA) is 103 Å². The van der Waals surface area contributed by atoms with Gasteiger partial charge in [0, 0.05) is 0 Å². The smallest absolute Gasteiger partial charge is 0.291 e. The summed E-state index contributed by atoms with van der Waals surface area (Å²) in [5.41, 5.74) is -0.250. The first-order valence-electron chi connectivity index (χ1n) is 8.86. The zero-order valence-corrected chi connectivity index (χ0v) is 18.1. The number of nitrogens with one attached hydrogen (secondary N) is 1. The SMILES string of the molecule is CC/C=C(\O/C(C)=C(\CC)C(C)(C)O)C(=O)Nc1c(OC)nc(Cl)nc1OC. The van der Waals surface area contributed by atoms with E-state index in [-0.39, 0.29) is 28.5 Å². The molecule has 0 saturated carbocycles. The zero-order valence-electron chi connectivity index (χ0n) is 17.3. The Balaban J connectivity index is 3.25. The quantitative estimate of drug-likeness (QED) is 0.360. The second-order valence-electron chi connectivity index (χ2n) is 6.37. The Hall–Kier alpha value is -2.32. The third kappa shape index (κ3) is 6.10. The highest BCUT2D eigenvalue weighted by Crippen LogP contribution is 2.33. The van der Waals surface area contributed by atoms with Gasteiger partial charge in [0.15, 0.2) is 11.4 Å². The number of allylic oxidation sites excluding steroid dienone is 2. The Bertz CT molecular complexity index is 744. The van der Waals surface area contributed by atoms with E-state index in [1.165, 1.54) is 14.2 Å². The molecular formula is C19H28ClN3O5. The molecule has 8 nitrogen and oxygen atoms in total. The van der Waals surface area contributed by atoms with Crippen molar-refractivity contribution >= 4 is 23.2 Å². The molecule has 0 aliphatic rings. The van der Waals surface area contributed by atoms with Gasteiger partial charge in [-0.3, -0.25) is 4.79 Å². The minimum Gasteiger partial charge on any atom is -0.479 e. The summed E-state index contributed by atoms with van der Waals surface area (Å²) in [5, 5.41) is 12.9. The van der Waals surface area contributed by atoms with Gasteiger partial charge in [-0.05, 0) is 56.9 Å². The number of hydrogen-bond donors (Lipinski definition) is 2. The number of aromatic nitrogens is 2. The second kappa shape index (κ2) is 10.3. The van der Waals surface area contributed by atoms with E-state index in [2.05, 4.69) is 15.3 Å². The number of nitrogens with zero attached hydrogens (tertiary/aromatic N) is 2. The Morgan fingerprint density at radius 3 is 2.14 bits per heavy atom. The summed E-state index contributed by atoms with van der Waals surface area (Å²) in [6.07, 6.45) is 2.76. The molecule has 0 aliphatic heterocycles. The fourth-order valence-electron chi connectivity index (χ4n) is 2.68. The van der Waals surface area contributed by atoms with E-state index in [4.69, 9.17) is 25.8 Å². The first-order valence-corrected chi connectivity index (χ1v) is 9.24. The van der Waals surface area contributed by atoms with Crippen molar-refractivity contribution in [1.29, 1.82) is 0 Å². The predicted molar refractivity (Wildman–Crippen MR) is 108 cm³/mol. The van der Waals surface area contributed by atoms with Gasteiger partial charge in [-0.15, -0.1) is 0 Å². The molecular weight excluding hydrogens is 386 g/mol. The molecule has 1 aromatic rings. The van der Waals surface area contributed by atoms with Gasteiger partial charge in [0.25, 0.3) is 5.91 Å². The molecule has 1 aromatic heterocycles. The lowest BCUT2D eigenvalue weighted by Gasteiger charge is -2.24. The first kappa shape index (κ1) is 23.7. The third-order valence-electron chi connectivity index (χ3n) is 3.83. The average Bonchev–Trinajstić information content (AvgIpc) is 2.61. The van der Waals surface area contributed by atoms with E-state index in [9.17, 15) is 9.90 Å². The summed E-state index contributed by atoms with van der Waals surface area (Å²) in [4.78, 5) is 20.7. The van der Waals surface area contributed by atoms with Gasteiger partial charge in [-0.2, -0.15) is 9.97 Å². The fourth-order valence-corrected chi connectivity index (χ4v) is 2.83. The number of halogens is 1. The van der Waals surface area contributed by atoms with Gasteiger partial charge in [-0.1, -0.05) is 13.8 Å². The number of rotatable bonds is 9. The summed E-state index contributed by atoms with van der Waals surface area (Å²) in [5.74, 6) is 0.0819. The van der Waals surface area contributed by atoms with Gasteiger partial charge in [0.1, 0.15) is 5.76 Å². The number of anilines is 1. The molecule has 0 aromatic carbocycles. The summed E-state index contributed by atoms with van der Waals surface area (Å²) in [6, 6.07) is 0. The van der Waals surface area contributed by atoms with Crippen LogP contribution in [0.2, 0.25) is 5.28 Å². The highest BCUT2D eigenvalue weighted by molar-refractivity contribution is 6.28. The number of ether oxygens (including phenoxy) is 3. The van der Waals surface area contributed by atoms with Crippen LogP contribution in [-0.2, 0) is 9.53 Å². The molecule has 0 spiro atoms. The minimum atomic E-state index is -1.07. The second-order valence-corrected chi connectivity index (χ2v) is 6.70. The molecule has 2 N–H and O–H groups in total. The van der Waals surface area contributed by atoms with Gasteiger partial charge >= 0.3 is 0 Å². The minimum absolute atomic E-state index is 0.0547. The molecule has 156 valence electrons. The average molecular weight is 414 g/mol. The van der Waals surface area contributed by atoms with Crippen LogP contribution in [0.25, 0.3) is 0 Å². The van der Waals surface area contributed by atoms with Gasteiger partial charge in [-0.25, -0.2) is 0 Å². The summed E-state index contributed by atoms with van der Waals surface area (Å²) in [7, 11) is 2.77. The van der Waals surface area contributed by atoms with Crippen molar-refractivity contribution in [2.45, 2.75) is 53.1 Å². The molecule has 0 bridgehead atoms. The maximum atomic E-state index is 12.8. The van der Waals surface area contributed by atoms with Crippen LogP contribution >= 0.6 is 11.6 Å². The summed E-state index contributed by atoms with van der Waals surface area (Å²) in [6.45, 7) is 8.83. The van der Waals surface area contributed by atoms with Gasteiger partial charge in [0.05, 0.1) is 19.8 Å². The molecule has 1 rings (SSSR count). The third-order valence-corrected chi connectivity index (χ3v) is 4.00. The van der Waals surface area contributed by atoms with E-state index >= 15 is 0 Å². The monoisotopic (exact) mass is 413 g/mol. The molecule has 0 atom stereocenters. The number of amides is 1.